The molecule has 0 aromatic rings. The van der Waals surface area contributed by atoms with Crippen molar-refractivity contribution in [1.82, 2.24) is 4.90 Å². The Morgan fingerprint density at radius 2 is 1.62 bits per heavy atom. The monoisotopic (exact) mass is 232 g/mol. The Morgan fingerprint density at radius 1 is 1.23 bits per heavy atom. The van der Waals surface area contributed by atoms with Crippen molar-refractivity contribution in [2.75, 3.05) is 48.3 Å². The first-order valence-electron chi connectivity index (χ1n) is 3.94. The Kier molecular flexibility index (Phi) is 11.5. The molecule has 0 aliphatic rings. The van der Waals surface area contributed by atoms with E-state index in [0.717, 1.165) is 17.6 Å². The molecule has 0 heterocycles. The van der Waals surface area contributed by atoms with Crippen LogP contribution >= 0.6 is 12.4 Å². The predicted molar refractivity (Wildman–Crippen MR) is 54.7 cm³/mol. The number of aliphatic hydroxyl groups excluding tert-OH is 1. The van der Waals surface area contributed by atoms with Crippen LogP contribution in [0.3, 0.4) is 0 Å². The van der Waals surface area contributed by atoms with Gasteiger partial charge in [-0.3, -0.25) is 0 Å². The molecule has 0 bridgehead atoms. The minimum absolute atomic E-state index is 0. The molecule has 0 aliphatic heterocycles. The van der Waals surface area contributed by atoms with E-state index in [4.69, 9.17) is 0 Å². The SMILES string of the molecule is CN(C)CC(O)C[N+](C)(C)C.Cl.[Cl-]. The van der Waals surface area contributed by atoms with Crippen molar-refractivity contribution in [2.45, 2.75) is 6.10 Å². The van der Waals surface area contributed by atoms with E-state index >= 15 is 0 Å². The van der Waals surface area contributed by atoms with Gasteiger partial charge >= 0.3 is 0 Å². The van der Waals surface area contributed by atoms with E-state index in [9.17, 15) is 5.11 Å². The first-order chi connectivity index (χ1) is 4.81. The molecule has 1 unspecified atom stereocenters. The summed E-state index contributed by atoms with van der Waals surface area (Å²) in [6.45, 7) is 1.55. The molecule has 0 aromatic carbocycles. The quantitative estimate of drug-likeness (QED) is 0.525. The summed E-state index contributed by atoms with van der Waals surface area (Å²) in [4.78, 5) is 2.00. The summed E-state index contributed by atoms with van der Waals surface area (Å²) in [5.74, 6) is 0. The molecule has 0 amide bonds. The van der Waals surface area contributed by atoms with Crippen molar-refractivity contribution >= 4 is 12.4 Å². The molecule has 5 heteroatoms. The Morgan fingerprint density at radius 3 is 1.85 bits per heavy atom. The van der Waals surface area contributed by atoms with E-state index in [0.29, 0.717) is 0 Å². The zero-order valence-electron chi connectivity index (χ0n) is 9.12. The molecule has 0 aliphatic carbocycles. The molecule has 0 aromatic heterocycles. The number of halogens is 2. The van der Waals surface area contributed by atoms with E-state index in [1.165, 1.54) is 0 Å². The maximum Gasteiger partial charge on any atom is 0.115 e. The smallest absolute Gasteiger partial charge is 0.115 e. The van der Waals surface area contributed by atoms with Crippen LogP contribution in [-0.4, -0.2) is 68.9 Å². The highest BCUT2D eigenvalue weighted by Crippen LogP contribution is 1.95. The third-order valence-electron chi connectivity index (χ3n) is 1.33. The fraction of sp³-hybridized carbons (Fsp3) is 1.00. The lowest BCUT2D eigenvalue weighted by atomic mass is 10.3. The van der Waals surface area contributed by atoms with Crippen molar-refractivity contribution in [3.05, 3.63) is 0 Å². The molecule has 1 N–H and O–H groups in total. The zero-order chi connectivity index (χ0) is 9.07. The molecule has 0 radical (unpaired) electrons. The minimum atomic E-state index is -0.218. The molecule has 0 fully saturated rings. The number of hydrogen-bond donors (Lipinski definition) is 1. The van der Waals surface area contributed by atoms with E-state index in [1.807, 2.05) is 19.0 Å². The largest absolute Gasteiger partial charge is 1.00 e. The molecule has 0 rings (SSSR count). The average Bonchev–Trinajstić information content (AvgIpc) is 1.53. The maximum atomic E-state index is 9.50. The molecule has 3 nitrogen and oxygen atoms in total. The van der Waals surface area contributed by atoms with Gasteiger partial charge in [0.25, 0.3) is 0 Å². The van der Waals surface area contributed by atoms with E-state index in [1.54, 1.807) is 0 Å². The Balaban J connectivity index is -0.000000500. The van der Waals surface area contributed by atoms with Crippen LogP contribution in [0.1, 0.15) is 0 Å². The summed E-state index contributed by atoms with van der Waals surface area (Å²) in [6.07, 6.45) is -0.218. The van der Waals surface area contributed by atoms with Crippen molar-refractivity contribution in [2.24, 2.45) is 0 Å². The van der Waals surface area contributed by atoms with Crippen LogP contribution < -0.4 is 12.4 Å². The summed E-state index contributed by atoms with van der Waals surface area (Å²) in [7, 11) is 10.2. The highest BCUT2D eigenvalue weighted by molar-refractivity contribution is 5.85. The summed E-state index contributed by atoms with van der Waals surface area (Å²) in [5.41, 5.74) is 0. The van der Waals surface area contributed by atoms with Crippen molar-refractivity contribution in [3.8, 4) is 0 Å². The van der Waals surface area contributed by atoms with Crippen LogP contribution in [0.25, 0.3) is 0 Å². The molecule has 84 valence electrons. The van der Waals surface area contributed by atoms with Gasteiger partial charge in [0.15, 0.2) is 0 Å². The number of nitrogens with zero attached hydrogens (tertiary/aromatic N) is 2. The summed E-state index contributed by atoms with van der Waals surface area (Å²) < 4.78 is 0.814. The summed E-state index contributed by atoms with van der Waals surface area (Å²) in [6, 6.07) is 0. The number of rotatable bonds is 4. The third-order valence-corrected chi connectivity index (χ3v) is 1.33. The van der Waals surface area contributed by atoms with Crippen molar-refractivity contribution in [1.29, 1.82) is 0 Å². The lowest BCUT2D eigenvalue weighted by Crippen LogP contribution is -3.00. The van der Waals surface area contributed by atoms with E-state index < -0.39 is 0 Å². The van der Waals surface area contributed by atoms with Gasteiger partial charge in [0.1, 0.15) is 12.6 Å². The molecular weight excluding hydrogens is 211 g/mol. The third kappa shape index (κ3) is 15.2. The molecule has 1 atom stereocenters. The average molecular weight is 233 g/mol. The van der Waals surface area contributed by atoms with Crippen LogP contribution in [0, 0.1) is 0 Å². The number of likely N-dealkylation sites (N-methyl/N-ethyl adjacent to an activating group) is 2. The van der Waals surface area contributed by atoms with Gasteiger partial charge < -0.3 is 26.9 Å². The van der Waals surface area contributed by atoms with Crippen LogP contribution in [0.5, 0.6) is 0 Å². The second-order valence-corrected chi connectivity index (χ2v) is 4.39. The van der Waals surface area contributed by atoms with Gasteiger partial charge in [-0.2, -0.15) is 0 Å². The van der Waals surface area contributed by atoms with Crippen LogP contribution in [0.2, 0.25) is 0 Å². The highest BCUT2D eigenvalue weighted by atomic mass is 35.5. The first-order valence-corrected chi connectivity index (χ1v) is 3.94. The molecular formula is C8H22Cl2N2O. The lowest BCUT2D eigenvalue weighted by molar-refractivity contribution is -0.873. The van der Waals surface area contributed by atoms with Gasteiger partial charge in [0.05, 0.1) is 21.1 Å². The second-order valence-electron chi connectivity index (χ2n) is 4.39. The molecule has 0 spiro atoms. The van der Waals surface area contributed by atoms with Gasteiger partial charge in [0, 0.05) is 6.54 Å². The summed E-state index contributed by atoms with van der Waals surface area (Å²) in [5, 5.41) is 9.50. The molecule has 13 heavy (non-hydrogen) atoms. The number of aliphatic hydroxyl groups is 1. The standard InChI is InChI=1S/C8H21N2O.2ClH/c1-9(2)6-8(11)7-10(3,4)5;;/h8,11H,6-7H2,1-5H3;2*1H/q+1;;/p-1. The minimum Gasteiger partial charge on any atom is -1.00 e. The Hall–Kier alpha value is 0.460. The maximum absolute atomic E-state index is 9.50. The number of quaternary nitrogens is 1. The first kappa shape index (κ1) is 19.1. The van der Waals surface area contributed by atoms with Crippen molar-refractivity contribution in [3.63, 3.8) is 0 Å². The van der Waals surface area contributed by atoms with Gasteiger partial charge in [-0.1, -0.05) is 0 Å². The zero-order valence-corrected chi connectivity index (χ0v) is 10.7. The fourth-order valence-electron chi connectivity index (χ4n) is 1.11. The van der Waals surface area contributed by atoms with Crippen LogP contribution in [0.15, 0.2) is 0 Å². The van der Waals surface area contributed by atoms with E-state index in [-0.39, 0.29) is 30.9 Å². The van der Waals surface area contributed by atoms with Gasteiger partial charge in [-0.25, -0.2) is 0 Å². The van der Waals surface area contributed by atoms with E-state index in [2.05, 4.69) is 21.1 Å². The Bertz CT molecular complexity index is 115. The highest BCUT2D eigenvalue weighted by Gasteiger charge is 2.15. The fourth-order valence-corrected chi connectivity index (χ4v) is 1.11. The van der Waals surface area contributed by atoms with Crippen LogP contribution in [0.4, 0.5) is 0 Å². The van der Waals surface area contributed by atoms with Crippen molar-refractivity contribution < 1.29 is 22.0 Å². The summed E-state index contributed by atoms with van der Waals surface area (Å²) >= 11 is 0. The topological polar surface area (TPSA) is 23.5 Å². The predicted octanol–water partition coefficient (Wildman–Crippen LogP) is -2.96. The number of hydrogen-bond acceptors (Lipinski definition) is 2. The normalized spacial score (nSPS) is 13.2. The van der Waals surface area contributed by atoms with Gasteiger partial charge in [-0.05, 0) is 14.1 Å². The molecule has 0 saturated carbocycles. The molecule has 0 saturated heterocycles. The van der Waals surface area contributed by atoms with Gasteiger partial charge in [-0.15, -0.1) is 12.4 Å². The van der Waals surface area contributed by atoms with Gasteiger partial charge in [0.2, 0.25) is 0 Å². The van der Waals surface area contributed by atoms with Crippen LogP contribution in [-0.2, 0) is 0 Å². The Labute approximate surface area is 94.1 Å². The second kappa shape index (κ2) is 7.83. The lowest BCUT2D eigenvalue weighted by Gasteiger charge is -2.27.